The van der Waals surface area contributed by atoms with Crippen molar-refractivity contribution in [3.63, 3.8) is 0 Å². The standard InChI is InChI=1S/C18H23N3O3/c1-11-6-7-13-12(8-11)9-18(10-20(13)5)14(22)19-16(24)21(15(18)23)17(2,3)4/h6-8H,9-10H2,1-5H3,(H,19,22,24)/t18-/m0/s1. The van der Waals surface area contributed by atoms with Gasteiger partial charge in [-0.05, 0) is 45.7 Å². The lowest BCUT2D eigenvalue weighted by Crippen LogP contribution is -2.71. The molecule has 6 nitrogen and oxygen atoms in total. The molecule has 0 aromatic heterocycles. The van der Waals surface area contributed by atoms with Crippen LogP contribution in [0.3, 0.4) is 0 Å². The van der Waals surface area contributed by atoms with Gasteiger partial charge in [-0.2, -0.15) is 0 Å². The number of urea groups is 1. The minimum absolute atomic E-state index is 0.258. The molecule has 4 amide bonds. The van der Waals surface area contributed by atoms with Gasteiger partial charge in [0.1, 0.15) is 5.41 Å². The number of amides is 4. The Hall–Kier alpha value is -2.37. The van der Waals surface area contributed by atoms with E-state index in [0.717, 1.165) is 16.8 Å². The second kappa shape index (κ2) is 5.06. The van der Waals surface area contributed by atoms with Gasteiger partial charge in [0.05, 0.1) is 0 Å². The van der Waals surface area contributed by atoms with E-state index in [9.17, 15) is 14.4 Å². The molecule has 1 atom stereocenters. The number of hydrogen-bond acceptors (Lipinski definition) is 4. The molecular formula is C18H23N3O3. The molecule has 0 radical (unpaired) electrons. The molecule has 128 valence electrons. The van der Waals surface area contributed by atoms with Crippen molar-refractivity contribution in [3.05, 3.63) is 29.3 Å². The summed E-state index contributed by atoms with van der Waals surface area (Å²) in [6.07, 6.45) is 0.304. The van der Waals surface area contributed by atoms with E-state index in [1.54, 1.807) is 20.8 Å². The van der Waals surface area contributed by atoms with Crippen molar-refractivity contribution in [2.24, 2.45) is 5.41 Å². The van der Waals surface area contributed by atoms with Crippen LogP contribution in [0.25, 0.3) is 0 Å². The zero-order chi connectivity index (χ0) is 17.9. The molecule has 1 aromatic carbocycles. The highest BCUT2D eigenvalue weighted by Gasteiger charge is 2.58. The van der Waals surface area contributed by atoms with Crippen molar-refractivity contribution in [2.45, 2.75) is 39.7 Å². The maximum Gasteiger partial charge on any atom is 0.331 e. The zero-order valence-corrected chi connectivity index (χ0v) is 14.8. The molecule has 1 saturated heterocycles. The SMILES string of the molecule is Cc1ccc2c(c1)C[C@]1(CN2C)C(=O)NC(=O)N(C(C)(C)C)C1=O. The number of rotatable bonds is 0. The van der Waals surface area contributed by atoms with Gasteiger partial charge in [-0.25, -0.2) is 4.79 Å². The van der Waals surface area contributed by atoms with Crippen LogP contribution >= 0.6 is 0 Å². The molecule has 1 fully saturated rings. The van der Waals surface area contributed by atoms with Gasteiger partial charge >= 0.3 is 6.03 Å². The van der Waals surface area contributed by atoms with Crippen LogP contribution in [0.4, 0.5) is 10.5 Å². The first-order valence-electron chi connectivity index (χ1n) is 8.07. The average molecular weight is 329 g/mol. The van der Waals surface area contributed by atoms with E-state index in [1.165, 1.54) is 4.90 Å². The predicted octanol–water partition coefficient (Wildman–Crippen LogP) is 1.85. The Balaban J connectivity index is 2.10. The number of imide groups is 2. The number of nitrogens with zero attached hydrogens (tertiary/aromatic N) is 2. The number of barbiturate groups is 1. The van der Waals surface area contributed by atoms with E-state index in [4.69, 9.17) is 0 Å². The Morgan fingerprint density at radius 3 is 2.46 bits per heavy atom. The topological polar surface area (TPSA) is 69.7 Å². The van der Waals surface area contributed by atoms with Gasteiger partial charge in [0.25, 0.3) is 0 Å². The van der Waals surface area contributed by atoms with Gasteiger partial charge in [-0.3, -0.25) is 19.8 Å². The summed E-state index contributed by atoms with van der Waals surface area (Å²) in [7, 11) is 1.87. The summed E-state index contributed by atoms with van der Waals surface area (Å²) < 4.78 is 0. The highest BCUT2D eigenvalue weighted by molar-refractivity contribution is 6.20. The summed E-state index contributed by atoms with van der Waals surface area (Å²) in [6.45, 7) is 7.61. The Morgan fingerprint density at radius 2 is 1.83 bits per heavy atom. The Kier molecular flexibility index (Phi) is 3.48. The first-order chi connectivity index (χ1) is 11.1. The molecule has 0 unspecified atom stereocenters. The fraction of sp³-hybridized carbons (Fsp3) is 0.500. The lowest BCUT2D eigenvalue weighted by molar-refractivity contribution is -0.154. The molecule has 1 aromatic rings. The summed E-state index contributed by atoms with van der Waals surface area (Å²) in [5, 5.41) is 2.39. The van der Waals surface area contributed by atoms with Gasteiger partial charge in [-0.1, -0.05) is 17.7 Å². The van der Waals surface area contributed by atoms with E-state index in [0.29, 0.717) is 6.42 Å². The van der Waals surface area contributed by atoms with E-state index in [2.05, 4.69) is 5.32 Å². The van der Waals surface area contributed by atoms with E-state index in [-0.39, 0.29) is 6.54 Å². The van der Waals surface area contributed by atoms with Crippen LogP contribution in [0, 0.1) is 12.3 Å². The minimum atomic E-state index is -1.27. The summed E-state index contributed by atoms with van der Waals surface area (Å²) in [5.74, 6) is -0.917. The summed E-state index contributed by atoms with van der Waals surface area (Å²) in [4.78, 5) is 41.3. The summed E-state index contributed by atoms with van der Waals surface area (Å²) >= 11 is 0. The molecule has 3 rings (SSSR count). The Labute approximate surface area is 141 Å². The molecule has 2 heterocycles. The van der Waals surface area contributed by atoms with Crippen molar-refractivity contribution < 1.29 is 14.4 Å². The van der Waals surface area contributed by atoms with Crippen molar-refractivity contribution >= 4 is 23.5 Å². The minimum Gasteiger partial charge on any atom is -0.373 e. The number of carbonyl (C=O) groups is 3. The molecule has 0 aliphatic carbocycles. The van der Waals surface area contributed by atoms with Crippen LogP contribution in [0.15, 0.2) is 18.2 Å². The third kappa shape index (κ3) is 2.28. The maximum absolute atomic E-state index is 13.2. The van der Waals surface area contributed by atoms with Crippen molar-refractivity contribution in [1.29, 1.82) is 0 Å². The third-order valence-corrected chi connectivity index (χ3v) is 4.79. The molecule has 1 N–H and O–H groups in total. The molecule has 2 aliphatic heterocycles. The first-order valence-corrected chi connectivity index (χ1v) is 8.07. The highest BCUT2D eigenvalue weighted by atomic mass is 16.2. The number of carbonyl (C=O) groups excluding carboxylic acids is 3. The monoisotopic (exact) mass is 329 g/mol. The van der Waals surface area contributed by atoms with Gasteiger partial charge in [0.2, 0.25) is 11.8 Å². The average Bonchev–Trinajstić information content (AvgIpc) is 2.43. The van der Waals surface area contributed by atoms with Gasteiger partial charge < -0.3 is 4.90 Å². The fourth-order valence-corrected chi connectivity index (χ4v) is 3.68. The molecule has 0 saturated carbocycles. The third-order valence-electron chi connectivity index (χ3n) is 4.79. The van der Waals surface area contributed by atoms with E-state index >= 15 is 0 Å². The summed E-state index contributed by atoms with van der Waals surface area (Å²) in [5.41, 5.74) is 1.09. The van der Waals surface area contributed by atoms with Crippen molar-refractivity contribution in [2.75, 3.05) is 18.5 Å². The van der Waals surface area contributed by atoms with Gasteiger partial charge in [0.15, 0.2) is 0 Å². The smallest absolute Gasteiger partial charge is 0.331 e. The Morgan fingerprint density at radius 1 is 1.17 bits per heavy atom. The van der Waals surface area contributed by atoms with Crippen LogP contribution in [-0.2, 0) is 16.0 Å². The van der Waals surface area contributed by atoms with Crippen molar-refractivity contribution in [3.8, 4) is 0 Å². The second-order valence-corrected chi connectivity index (χ2v) is 7.82. The highest BCUT2D eigenvalue weighted by Crippen LogP contribution is 2.40. The lowest BCUT2D eigenvalue weighted by Gasteiger charge is -2.48. The number of fused-ring (bicyclic) bond motifs is 1. The van der Waals surface area contributed by atoms with E-state index in [1.807, 2.05) is 37.1 Å². The van der Waals surface area contributed by atoms with Crippen LogP contribution in [0.2, 0.25) is 0 Å². The van der Waals surface area contributed by atoms with Crippen LogP contribution in [0.5, 0.6) is 0 Å². The van der Waals surface area contributed by atoms with Crippen LogP contribution in [0.1, 0.15) is 31.9 Å². The first kappa shape index (κ1) is 16.5. The van der Waals surface area contributed by atoms with Crippen LogP contribution in [-0.4, -0.2) is 41.9 Å². The molecule has 24 heavy (non-hydrogen) atoms. The molecule has 6 heteroatoms. The molecule has 0 bridgehead atoms. The molecular weight excluding hydrogens is 306 g/mol. The maximum atomic E-state index is 13.2. The number of aryl methyl sites for hydroxylation is 1. The fourth-order valence-electron chi connectivity index (χ4n) is 3.68. The molecule has 2 aliphatic rings. The number of benzene rings is 1. The largest absolute Gasteiger partial charge is 0.373 e. The summed E-state index contributed by atoms with van der Waals surface area (Å²) in [6, 6.07) is 5.39. The van der Waals surface area contributed by atoms with Gasteiger partial charge in [-0.15, -0.1) is 0 Å². The number of hydrogen-bond donors (Lipinski definition) is 1. The Bertz CT molecular complexity index is 750. The molecule has 1 spiro atoms. The predicted molar refractivity (Wildman–Crippen MR) is 90.7 cm³/mol. The number of anilines is 1. The van der Waals surface area contributed by atoms with Gasteiger partial charge in [0, 0.05) is 24.8 Å². The second-order valence-electron chi connectivity index (χ2n) is 7.82. The van der Waals surface area contributed by atoms with E-state index < -0.39 is 28.8 Å². The zero-order valence-electron chi connectivity index (χ0n) is 14.8. The van der Waals surface area contributed by atoms with Crippen LogP contribution < -0.4 is 10.2 Å². The normalized spacial score (nSPS) is 24.3. The number of nitrogens with one attached hydrogen (secondary N) is 1. The van der Waals surface area contributed by atoms with Crippen molar-refractivity contribution in [1.82, 2.24) is 10.2 Å². The quantitative estimate of drug-likeness (QED) is 0.738. The lowest BCUT2D eigenvalue weighted by atomic mass is 9.73.